The number of hydrogen-bond acceptors (Lipinski definition) is 4. The first-order valence-corrected chi connectivity index (χ1v) is 5.21. The van der Waals surface area contributed by atoms with Gasteiger partial charge in [-0.2, -0.15) is 5.26 Å². The van der Waals surface area contributed by atoms with Crippen LogP contribution in [0.1, 0.15) is 26.3 Å². The van der Waals surface area contributed by atoms with Gasteiger partial charge in [0.1, 0.15) is 18.5 Å². The molecule has 1 N–H and O–H groups in total. The lowest BCUT2D eigenvalue weighted by Gasteiger charge is -2.18. The fraction of sp³-hybridized carbons (Fsp3) is 0.417. The third-order valence-electron chi connectivity index (χ3n) is 1.80. The maximum atomic E-state index is 11.5. The average Bonchev–Trinajstić information content (AvgIpc) is 2.27. The van der Waals surface area contributed by atoms with E-state index in [1.807, 2.05) is 26.8 Å². The van der Waals surface area contributed by atoms with Gasteiger partial charge in [0.2, 0.25) is 0 Å². The lowest BCUT2D eigenvalue weighted by molar-refractivity contribution is -0.125. The van der Waals surface area contributed by atoms with Gasteiger partial charge in [-0.1, -0.05) is 0 Å². The van der Waals surface area contributed by atoms with Crippen LogP contribution in [0.2, 0.25) is 0 Å². The standard InChI is InChI=1S/C12H15N3O2/c1-12(2,3)17-8-11(16)15-10-5-4-9(6-13)7-14-10/h4-5,7H,8H2,1-3H3,(H,14,15,16). The summed E-state index contributed by atoms with van der Waals surface area (Å²) < 4.78 is 5.32. The third kappa shape index (κ3) is 5.09. The SMILES string of the molecule is CC(C)(C)OCC(=O)Nc1ccc(C#N)cn1. The molecule has 0 unspecified atom stereocenters. The Hall–Kier alpha value is -1.93. The van der Waals surface area contributed by atoms with Crippen molar-refractivity contribution in [2.24, 2.45) is 0 Å². The summed E-state index contributed by atoms with van der Waals surface area (Å²) in [6.07, 6.45) is 1.40. The molecule has 5 nitrogen and oxygen atoms in total. The molecule has 1 amide bonds. The maximum Gasteiger partial charge on any atom is 0.251 e. The Morgan fingerprint density at radius 2 is 2.24 bits per heavy atom. The number of ether oxygens (including phenoxy) is 1. The van der Waals surface area contributed by atoms with E-state index in [-0.39, 0.29) is 18.1 Å². The van der Waals surface area contributed by atoms with Gasteiger partial charge in [-0.25, -0.2) is 4.98 Å². The molecular formula is C12H15N3O2. The van der Waals surface area contributed by atoms with E-state index in [1.54, 1.807) is 12.1 Å². The van der Waals surface area contributed by atoms with Crippen LogP contribution < -0.4 is 5.32 Å². The molecule has 1 aromatic heterocycles. The van der Waals surface area contributed by atoms with Crippen molar-refractivity contribution in [2.75, 3.05) is 11.9 Å². The maximum absolute atomic E-state index is 11.5. The topological polar surface area (TPSA) is 75.0 Å². The number of amides is 1. The summed E-state index contributed by atoms with van der Waals surface area (Å²) in [5.74, 6) is 0.142. The second kappa shape index (κ2) is 5.41. The van der Waals surface area contributed by atoms with Crippen LogP contribution in [0.15, 0.2) is 18.3 Å². The van der Waals surface area contributed by atoms with Crippen molar-refractivity contribution >= 4 is 11.7 Å². The quantitative estimate of drug-likeness (QED) is 0.862. The molecule has 1 rings (SSSR count). The van der Waals surface area contributed by atoms with Gasteiger partial charge in [0.05, 0.1) is 11.2 Å². The van der Waals surface area contributed by atoms with Gasteiger partial charge in [0, 0.05) is 6.20 Å². The van der Waals surface area contributed by atoms with Crippen LogP contribution in [0.5, 0.6) is 0 Å². The number of anilines is 1. The van der Waals surface area contributed by atoms with Crippen molar-refractivity contribution in [2.45, 2.75) is 26.4 Å². The molecular weight excluding hydrogens is 218 g/mol. The number of nitrogens with zero attached hydrogens (tertiary/aromatic N) is 2. The smallest absolute Gasteiger partial charge is 0.251 e. The highest BCUT2D eigenvalue weighted by Gasteiger charge is 2.13. The van der Waals surface area contributed by atoms with E-state index < -0.39 is 0 Å². The summed E-state index contributed by atoms with van der Waals surface area (Å²) >= 11 is 0. The van der Waals surface area contributed by atoms with Crippen molar-refractivity contribution in [3.8, 4) is 6.07 Å². The lowest BCUT2D eigenvalue weighted by atomic mass is 10.2. The Morgan fingerprint density at radius 1 is 1.53 bits per heavy atom. The lowest BCUT2D eigenvalue weighted by Crippen LogP contribution is -2.27. The largest absolute Gasteiger partial charge is 0.366 e. The molecule has 1 heterocycles. The summed E-state index contributed by atoms with van der Waals surface area (Å²) in [5.41, 5.74) is 0.101. The Bertz CT molecular complexity index is 427. The summed E-state index contributed by atoms with van der Waals surface area (Å²) in [5, 5.41) is 11.2. The van der Waals surface area contributed by atoms with E-state index >= 15 is 0 Å². The summed E-state index contributed by atoms with van der Waals surface area (Å²) in [6, 6.07) is 5.12. The highest BCUT2D eigenvalue weighted by Crippen LogP contribution is 2.07. The van der Waals surface area contributed by atoms with Gasteiger partial charge in [-0.05, 0) is 32.9 Å². The minimum atomic E-state index is -0.352. The molecule has 17 heavy (non-hydrogen) atoms. The van der Waals surface area contributed by atoms with Gasteiger partial charge in [0.15, 0.2) is 0 Å². The number of hydrogen-bond donors (Lipinski definition) is 1. The Balaban J connectivity index is 2.48. The second-order valence-electron chi connectivity index (χ2n) is 4.49. The number of rotatable bonds is 3. The van der Waals surface area contributed by atoms with Gasteiger partial charge in [-0.15, -0.1) is 0 Å². The number of carbonyl (C=O) groups excluding carboxylic acids is 1. The molecule has 5 heteroatoms. The molecule has 0 saturated heterocycles. The molecule has 0 spiro atoms. The van der Waals surface area contributed by atoms with E-state index in [2.05, 4.69) is 10.3 Å². The summed E-state index contributed by atoms with van der Waals surface area (Å²) in [4.78, 5) is 15.4. The van der Waals surface area contributed by atoms with Gasteiger partial charge >= 0.3 is 0 Å². The van der Waals surface area contributed by atoms with Crippen molar-refractivity contribution < 1.29 is 9.53 Å². The zero-order valence-corrected chi connectivity index (χ0v) is 10.2. The Morgan fingerprint density at radius 3 is 2.71 bits per heavy atom. The van der Waals surface area contributed by atoms with Crippen LogP contribution in [0.3, 0.4) is 0 Å². The molecule has 90 valence electrons. The molecule has 0 saturated carbocycles. The zero-order chi connectivity index (χ0) is 12.9. The van der Waals surface area contributed by atoms with E-state index in [1.165, 1.54) is 6.20 Å². The zero-order valence-electron chi connectivity index (χ0n) is 10.2. The van der Waals surface area contributed by atoms with Crippen LogP contribution in [0.4, 0.5) is 5.82 Å². The molecule has 0 radical (unpaired) electrons. The van der Waals surface area contributed by atoms with Gasteiger partial charge in [-0.3, -0.25) is 4.79 Å². The van der Waals surface area contributed by atoms with Gasteiger partial charge in [0.25, 0.3) is 5.91 Å². The number of carbonyl (C=O) groups is 1. The van der Waals surface area contributed by atoms with Crippen molar-refractivity contribution in [3.63, 3.8) is 0 Å². The highest BCUT2D eigenvalue weighted by atomic mass is 16.5. The normalized spacial score (nSPS) is 10.7. The highest BCUT2D eigenvalue weighted by molar-refractivity contribution is 5.90. The van der Waals surface area contributed by atoms with Crippen molar-refractivity contribution in [1.82, 2.24) is 4.98 Å². The summed E-state index contributed by atoms with van der Waals surface area (Å²) in [7, 11) is 0. The molecule has 0 bridgehead atoms. The van der Waals surface area contributed by atoms with Crippen LogP contribution in [0, 0.1) is 11.3 Å². The predicted molar refractivity (Wildman–Crippen MR) is 63.3 cm³/mol. The summed E-state index contributed by atoms with van der Waals surface area (Å²) in [6.45, 7) is 5.60. The van der Waals surface area contributed by atoms with Crippen LogP contribution in [-0.4, -0.2) is 23.1 Å². The fourth-order valence-electron chi connectivity index (χ4n) is 0.995. The first-order valence-electron chi connectivity index (χ1n) is 5.21. The molecule has 0 aliphatic carbocycles. The molecule has 0 fully saturated rings. The predicted octanol–water partition coefficient (Wildman–Crippen LogP) is 1.71. The number of nitriles is 1. The molecule has 1 aromatic rings. The van der Waals surface area contributed by atoms with E-state index in [0.717, 1.165) is 0 Å². The number of aromatic nitrogens is 1. The second-order valence-corrected chi connectivity index (χ2v) is 4.49. The minimum Gasteiger partial charge on any atom is -0.366 e. The number of nitrogens with one attached hydrogen (secondary N) is 1. The van der Waals surface area contributed by atoms with E-state index in [9.17, 15) is 4.79 Å². The Kier molecular flexibility index (Phi) is 4.18. The fourth-order valence-corrected chi connectivity index (χ4v) is 0.995. The minimum absolute atomic E-state index is 0.0226. The average molecular weight is 233 g/mol. The van der Waals surface area contributed by atoms with E-state index in [4.69, 9.17) is 10.00 Å². The van der Waals surface area contributed by atoms with Crippen LogP contribution in [0.25, 0.3) is 0 Å². The monoisotopic (exact) mass is 233 g/mol. The van der Waals surface area contributed by atoms with Crippen LogP contribution >= 0.6 is 0 Å². The Labute approximate surface area is 100 Å². The van der Waals surface area contributed by atoms with Gasteiger partial charge < -0.3 is 10.1 Å². The van der Waals surface area contributed by atoms with Crippen molar-refractivity contribution in [1.29, 1.82) is 5.26 Å². The van der Waals surface area contributed by atoms with E-state index in [0.29, 0.717) is 11.4 Å². The van der Waals surface area contributed by atoms with Crippen molar-refractivity contribution in [3.05, 3.63) is 23.9 Å². The molecule has 0 aliphatic rings. The number of pyridine rings is 1. The first kappa shape index (κ1) is 13.1. The third-order valence-corrected chi connectivity index (χ3v) is 1.80. The molecule has 0 aromatic carbocycles. The first-order chi connectivity index (χ1) is 7.90. The molecule has 0 atom stereocenters. The van der Waals surface area contributed by atoms with Crippen LogP contribution in [-0.2, 0) is 9.53 Å². The molecule has 0 aliphatic heterocycles.